The zero-order valence-corrected chi connectivity index (χ0v) is 10.4. The van der Waals surface area contributed by atoms with Crippen LogP contribution in [0.25, 0.3) is 0 Å². The van der Waals surface area contributed by atoms with E-state index in [0.717, 1.165) is 0 Å². The quantitative estimate of drug-likeness (QED) is 0.380. The van der Waals surface area contributed by atoms with Crippen LogP contribution in [0.5, 0.6) is 0 Å². The monoisotopic (exact) mass is 262 g/mol. The molecule has 104 valence electrons. The number of nitrogens with two attached hydrogens (primary N) is 1. The van der Waals surface area contributed by atoms with Crippen molar-refractivity contribution >= 4 is 18.0 Å². The van der Waals surface area contributed by atoms with Crippen molar-refractivity contribution in [2.45, 2.75) is 38.8 Å². The highest BCUT2D eigenvalue weighted by atomic mass is 16.6. The number of amides is 2. The molecule has 0 aromatic carbocycles. The summed E-state index contributed by atoms with van der Waals surface area (Å²) in [5, 5.41) is 8.72. The van der Waals surface area contributed by atoms with Crippen molar-refractivity contribution in [1.82, 2.24) is 16.4 Å². The van der Waals surface area contributed by atoms with Crippen LogP contribution in [0.1, 0.15) is 27.2 Å². The highest BCUT2D eigenvalue weighted by Crippen LogP contribution is 2.05. The van der Waals surface area contributed by atoms with E-state index in [9.17, 15) is 14.4 Å². The van der Waals surface area contributed by atoms with Gasteiger partial charge in [-0.05, 0) is 20.8 Å². The molecular weight excluding hydrogens is 244 g/mol. The number of primary amides is 1. The van der Waals surface area contributed by atoms with Crippen molar-refractivity contribution in [3.63, 3.8) is 0 Å². The molecule has 0 fully saturated rings. The summed E-state index contributed by atoms with van der Waals surface area (Å²) < 4.78 is 4.87. The molecule has 0 aliphatic rings. The number of carbonyl (C=O) groups excluding carboxylic acids is 2. The second-order valence-corrected chi connectivity index (χ2v) is 4.46. The van der Waals surface area contributed by atoms with Gasteiger partial charge < -0.3 is 15.6 Å². The van der Waals surface area contributed by atoms with Gasteiger partial charge in [0.05, 0.1) is 6.42 Å². The van der Waals surface area contributed by atoms with Crippen molar-refractivity contribution in [1.29, 1.82) is 0 Å². The second kappa shape index (κ2) is 6.77. The smallest absolute Gasteiger partial charge is 0.423 e. The second-order valence-electron chi connectivity index (χ2n) is 4.46. The Morgan fingerprint density at radius 1 is 1.33 bits per heavy atom. The van der Waals surface area contributed by atoms with E-state index in [2.05, 4.69) is 16.4 Å². The summed E-state index contributed by atoms with van der Waals surface area (Å²) in [5.41, 5.74) is 10.6. The average Bonchev–Trinajstić information content (AvgIpc) is 2.12. The van der Waals surface area contributed by atoms with Crippen molar-refractivity contribution in [2.75, 3.05) is 0 Å². The molecule has 9 nitrogen and oxygen atoms in total. The van der Waals surface area contributed by atoms with Crippen molar-refractivity contribution in [3.05, 3.63) is 0 Å². The van der Waals surface area contributed by atoms with E-state index in [1.54, 1.807) is 20.8 Å². The molecule has 0 saturated carbocycles. The molecule has 2 amide bonds. The summed E-state index contributed by atoms with van der Waals surface area (Å²) >= 11 is 0. The van der Waals surface area contributed by atoms with Gasteiger partial charge in [-0.1, -0.05) is 0 Å². The Morgan fingerprint density at radius 3 is 2.28 bits per heavy atom. The largest absolute Gasteiger partial charge is 0.480 e. The van der Waals surface area contributed by atoms with Gasteiger partial charge in [0.25, 0.3) is 0 Å². The molecule has 0 aliphatic carbocycles. The third-order valence-corrected chi connectivity index (χ3v) is 1.51. The average molecular weight is 262 g/mol. The number of ether oxygens (including phenoxy) is 1. The molecule has 0 heterocycles. The summed E-state index contributed by atoms with van der Waals surface area (Å²) in [7, 11) is 0. The number of nitrogens with one attached hydrogen (secondary N) is 3. The van der Waals surface area contributed by atoms with E-state index in [4.69, 9.17) is 15.6 Å². The van der Waals surface area contributed by atoms with Crippen LogP contribution in [0.4, 0.5) is 4.79 Å². The van der Waals surface area contributed by atoms with Crippen LogP contribution in [0.15, 0.2) is 0 Å². The van der Waals surface area contributed by atoms with Crippen LogP contribution >= 0.6 is 0 Å². The minimum absolute atomic E-state index is 0.418. The van der Waals surface area contributed by atoms with Gasteiger partial charge in [0.2, 0.25) is 5.91 Å². The van der Waals surface area contributed by atoms with Gasteiger partial charge in [0.1, 0.15) is 11.6 Å². The predicted octanol–water partition coefficient (Wildman–Crippen LogP) is -1.15. The normalized spacial score (nSPS) is 12.6. The van der Waals surface area contributed by atoms with E-state index in [0.29, 0.717) is 0 Å². The summed E-state index contributed by atoms with van der Waals surface area (Å²) in [6.07, 6.45) is -1.21. The Morgan fingerprint density at radius 2 is 1.89 bits per heavy atom. The number of rotatable bonds is 6. The number of aliphatic carboxylic acids is 1. The number of carboxylic acid groups (broad SMARTS) is 1. The van der Waals surface area contributed by atoms with E-state index in [-0.39, 0.29) is 0 Å². The highest BCUT2D eigenvalue weighted by Gasteiger charge is 2.20. The molecule has 0 aromatic rings. The van der Waals surface area contributed by atoms with Crippen LogP contribution in [0.2, 0.25) is 0 Å². The zero-order chi connectivity index (χ0) is 14.3. The van der Waals surface area contributed by atoms with Gasteiger partial charge in [-0.2, -0.15) is 5.53 Å². The maximum atomic E-state index is 11.2. The molecule has 6 N–H and O–H groups in total. The minimum Gasteiger partial charge on any atom is -0.480 e. The summed E-state index contributed by atoms with van der Waals surface area (Å²) in [4.78, 5) is 32.4. The van der Waals surface area contributed by atoms with Crippen LogP contribution in [-0.4, -0.2) is 34.7 Å². The lowest BCUT2D eigenvalue weighted by Crippen LogP contribution is -2.55. The first-order valence-electron chi connectivity index (χ1n) is 5.12. The lowest BCUT2D eigenvalue weighted by Gasteiger charge is -2.20. The van der Waals surface area contributed by atoms with Crippen molar-refractivity contribution in [3.8, 4) is 0 Å². The number of hydrogen-bond acceptors (Lipinski definition) is 6. The SMILES string of the molecule is CC(C)(C)OC(=O)NNN[C@@H](CC(N)=O)C(=O)O. The molecule has 18 heavy (non-hydrogen) atoms. The van der Waals surface area contributed by atoms with Crippen molar-refractivity contribution < 1.29 is 24.2 Å². The Balaban J connectivity index is 4.03. The third-order valence-electron chi connectivity index (χ3n) is 1.51. The molecule has 0 radical (unpaired) electrons. The fourth-order valence-electron chi connectivity index (χ4n) is 0.879. The Kier molecular flexibility index (Phi) is 6.06. The summed E-state index contributed by atoms with van der Waals surface area (Å²) in [6, 6.07) is -1.25. The minimum atomic E-state index is -1.28. The predicted molar refractivity (Wildman–Crippen MR) is 60.9 cm³/mol. The number of carbonyl (C=O) groups is 3. The zero-order valence-electron chi connectivity index (χ0n) is 10.4. The van der Waals surface area contributed by atoms with Gasteiger partial charge in [-0.25, -0.2) is 15.6 Å². The highest BCUT2D eigenvalue weighted by molar-refractivity contribution is 5.83. The van der Waals surface area contributed by atoms with Gasteiger partial charge in [-0.15, -0.1) is 0 Å². The van der Waals surface area contributed by atoms with E-state index in [1.165, 1.54) is 0 Å². The maximum absolute atomic E-state index is 11.2. The van der Waals surface area contributed by atoms with Crippen molar-refractivity contribution in [2.24, 2.45) is 5.73 Å². The van der Waals surface area contributed by atoms with Gasteiger partial charge >= 0.3 is 12.1 Å². The fraction of sp³-hybridized carbons (Fsp3) is 0.667. The molecule has 0 aliphatic heterocycles. The first-order valence-corrected chi connectivity index (χ1v) is 5.12. The van der Waals surface area contributed by atoms with E-state index < -0.39 is 36.0 Å². The molecular formula is C9H18N4O5. The van der Waals surface area contributed by atoms with Crippen LogP contribution in [0.3, 0.4) is 0 Å². The number of hydrogen-bond donors (Lipinski definition) is 5. The molecule has 9 heteroatoms. The summed E-state index contributed by atoms with van der Waals surface area (Å²) in [5.74, 6) is -2.07. The molecule has 0 saturated heterocycles. The van der Waals surface area contributed by atoms with Crippen LogP contribution in [-0.2, 0) is 14.3 Å². The Hall–Kier alpha value is -1.87. The standard InChI is InChI=1S/C9H18N4O5/c1-9(2,3)18-8(17)12-13-11-5(7(15)16)4-6(10)14/h5,11,13H,4H2,1-3H3,(H2,10,14)(H,12,17)(H,15,16)/t5-/m0/s1. The first-order chi connectivity index (χ1) is 8.11. The molecule has 1 atom stereocenters. The molecule has 0 unspecified atom stereocenters. The lowest BCUT2D eigenvalue weighted by atomic mass is 10.2. The number of carboxylic acids is 1. The molecule has 0 spiro atoms. The lowest BCUT2D eigenvalue weighted by molar-refractivity contribution is -0.141. The first kappa shape index (κ1) is 16.1. The maximum Gasteiger partial charge on any atom is 0.423 e. The number of hydrazine groups is 2. The summed E-state index contributed by atoms with van der Waals surface area (Å²) in [6.45, 7) is 5.02. The van der Waals surface area contributed by atoms with Gasteiger partial charge in [0, 0.05) is 0 Å². The van der Waals surface area contributed by atoms with Gasteiger partial charge in [-0.3, -0.25) is 9.59 Å². The van der Waals surface area contributed by atoms with Crippen LogP contribution < -0.4 is 22.1 Å². The fourth-order valence-corrected chi connectivity index (χ4v) is 0.879. The third kappa shape index (κ3) is 8.30. The Bertz CT molecular complexity index is 325. The topological polar surface area (TPSA) is 143 Å². The van der Waals surface area contributed by atoms with Crippen LogP contribution in [0, 0.1) is 0 Å². The molecule has 0 aromatic heterocycles. The molecule has 0 rings (SSSR count). The molecule has 0 bridgehead atoms. The van der Waals surface area contributed by atoms with E-state index in [1.807, 2.05) is 0 Å². The van der Waals surface area contributed by atoms with E-state index >= 15 is 0 Å². The Labute approximate surface area is 104 Å². The van der Waals surface area contributed by atoms with Gasteiger partial charge in [0.15, 0.2) is 0 Å².